The number of rotatable bonds is 10. The van der Waals surface area contributed by atoms with Crippen molar-refractivity contribution in [3.05, 3.63) is 0 Å². The summed E-state index contributed by atoms with van der Waals surface area (Å²) in [6, 6.07) is 1.46. The van der Waals surface area contributed by atoms with Crippen molar-refractivity contribution in [2.75, 3.05) is 0 Å². The van der Waals surface area contributed by atoms with E-state index < -0.39 is 0 Å². The minimum atomic E-state index is 0.731. The minimum Gasteiger partial charge on any atom is -0.311 e. The van der Waals surface area contributed by atoms with Gasteiger partial charge in [0.2, 0.25) is 0 Å². The quantitative estimate of drug-likeness (QED) is 0.567. The normalized spacial score (nSPS) is 15.5. The lowest BCUT2D eigenvalue weighted by atomic mass is 9.98. The zero-order chi connectivity index (χ0) is 13.3. The molecule has 0 saturated heterocycles. The zero-order valence-electron chi connectivity index (χ0n) is 13.1. The molecule has 0 aliphatic carbocycles. The van der Waals surface area contributed by atoms with E-state index in [9.17, 15) is 0 Å². The Bertz CT molecular complexity index is 145. The second-order valence-electron chi connectivity index (χ2n) is 6.32. The van der Waals surface area contributed by atoms with Gasteiger partial charge in [0.25, 0.3) is 0 Å². The van der Waals surface area contributed by atoms with Gasteiger partial charge in [0, 0.05) is 12.1 Å². The number of hydrogen-bond donors (Lipinski definition) is 1. The maximum Gasteiger partial charge on any atom is 0.00671 e. The Kier molecular flexibility index (Phi) is 9.91. The fraction of sp³-hybridized carbons (Fsp3) is 1.00. The number of hydrogen-bond acceptors (Lipinski definition) is 1. The molecule has 1 heteroatoms. The molecular formula is C16H35N. The Balaban J connectivity index is 3.94. The first-order valence-electron chi connectivity index (χ1n) is 7.75. The Labute approximate surface area is 110 Å². The van der Waals surface area contributed by atoms with E-state index in [1.165, 1.54) is 38.5 Å². The molecule has 0 radical (unpaired) electrons. The Morgan fingerprint density at radius 2 is 1.00 bits per heavy atom. The molecule has 1 N–H and O–H groups in total. The van der Waals surface area contributed by atoms with Crippen molar-refractivity contribution >= 4 is 0 Å². The van der Waals surface area contributed by atoms with Crippen molar-refractivity contribution < 1.29 is 0 Å². The van der Waals surface area contributed by atoms with Crippen LogP contribution in [0.15, 0.2) is 0 Å². The molecule has 17 heavy (non-hydrogen) atoms. The van der Waals surface area contributed by atoms with Crippen molar-refractivity contribution in [2.24, 2.45) is 11.8 Å². The average molecular weight is 241 g/mol. The van der Waals surface area contributed by atoms with E-state index in [1.807, 2.05) is 0 Å². The van der Waals surface area contributed by atoms with E-state index >= 15 is 0 Å². The van der Waals surface area contributed by atoms with Crippen LogP contribution < -0.4 is 5.32 Å². The minimum absolute atomic E-state index is 0.731. The predicted molar refractivity (Wildman–Crippen MR) is 79.4 cm³/mol. The van der Waals surface area contributed by atoms with Crippen LogP contribution in [0.2, 0.25) is 0 Å². The van der Waals surface area contributed by atoms with Crippen LogP contribution in [-0.2, 0) is 0 Å². The topological polar surface area (TPSA) is 12.0 Å². The van der Waals surface area contributed by atoms with Crippen LogP contribution in [0, 0.1) is 11.8 Å². The summed E-state index contributed by atoms with van der Waals surface area (Å²) in [6.45, 7) is 13.9. The van der Waals surface area contributed by atoms with Gasteiger partial charge in [-0.3, -0.25) is 0 Å². The zero-order valence-corrected chi connectivity index (χ0v) is 13.1. The first kappa shape index (κ1) is 17.0. The van der Waals surface area contributed by atoms with Gasteiger partial charge in [-0.2, -0.15) is 0 Å². The van der Waals surface area contributed by atoms with E-state index in [0.717, 1.165) is 23.9 Å². The molecule has 0 bridgehead atoms. The Morgan fingerprint density at radius 1 is 0.647 bits per heavy atom. The summed E-state index contributed by atoms with van der Waals surface area (Å²) in [5.74, 6) is 1.67. The van der Waals surface area contributed by atoms with Crippen molar-refractivity contribution in [3.8, 4) is 0 Å². The van der Waals surface area contributed by atoms with Gasteiger partial charge in [-0.15, -0.1) is 0 Å². The molecule has 2 unspecified atom stereocenters. The number of nitrogens with one attached hydrogen (secondary N) is 1. The molecule has 0 aromatic heterocycles. The average Bonchev–Trinajstić information content (AvgIpc) is 2.27. The third-order valence-corrected chi connectivity index (χ3v) is 3.64. The fourth-order valence-corrected chi connectivity index (χ4v) is 2.21. The lowest BCUT2D eigenvalue weighted by Gasteiger charge is -2.25. The van der Waals surface area contributed by atoms with Gasteiger partial charge in [0.1, 0.15) is 0 Å². The van der Waals surface area contributed by atoms with Gasteiger partial charge in [0.05, 0.1) is 0 Å². The highest BCUT2D eigenvalue weighted by Crippen LogP contribution is 2.14. The maximum atomic E-state index is 3.86. The van der Waals surface area contributed by atoms with Crippen LogP contribution in [0.3, 0.4) is 0 Å². The van der Waals surface area contributed by atoms with Crippen LogP contribution in [0.1, 0.15) is 80.1 Å². The van der Waals surface area contributed by atoms with Crippen molar-refractivity contribution in [1.82, 2.24) is 5.32 Å². The van der Waals surface area contributed by atoms with Gasteiger partial charge in [-0.05, 0) is 50.4 Å². The highest BCUT2D eigenvalue weighted by molar-refractivity contribution is 4.73. The molecule has 0 heterocycles. The van der Waals surface area contributed by atoms with Crippen LogP contribution in [0.4, 0.5) is 0 Å². The molecule has 0 amide bonds. The van der Waals surface area contributed by atoms with Crippen LogP contribution in [0.25, 0.3) is 0 Å². The lowest BCUT2D eigenvalue weighted by Crippen LogP contribution is -2.38. The Morgan fingerprint density at radius 3 is 1.24 bits per heavy atom. The summed E-state index contributed by atoms with van der Waals surface area (Å²) in [7, 11) is 0. The molecule has 1 nitrogen and oxygen atoms in total. The van der Waals surface area contributed by atoms with Crippen LogP contribution in [-0.4, -0.2) is 12.1 Å². The van der Waals surface area contributed by atoms with E-state index in [2.05, 4.69) is 46.9 Å². The van der Waals surface area contributed by atoms with Crippen molar-refractivity contribution in [2.45, 2.75) is 92.2 Å². The molecule has 0 spiro atoms. The van der Waals surface area contributed by atoms with Gasteiger partial charge in [0.15, 0.2) is 0 Å². The summed E-state index contributed by atoms with van der Waals surface area (Å²) in [4.78, 5) is 0. The summed E-state index contributed by atoms with van der Waals surface area (Å²) < 4.78 is 0. The monoisotopic (exact) mass is 241 g/mol. The molecule has 0 rings (SSSR count). The molecule has 0 aliphatic rings. The van der Waals surface area contributed by atoms with Crippen molar-refractivity contribution in [1.29, 1.82) is 0 Å². The van der Waals surface area contributed by atoms with E-state index in [0.29, 0.717) is 0 Å². The van der Waals surface area contributed by atoms with Crippen molar-refractivity contribution in [3.63, 3.8) is 0 Å². The molecule has 0 aliphatic heterocycles. The van der Waals surface area contributed by atoms with E-state index in [1.54, 1.807) is 0 Å². The largest absolute Gasteiger partial charge is 0.311 e. The molecular weight excluding hydrogens is 206 g/mol. The summed E-state index contributed by atoms with van der Waals surface area (Å²) in [5.41, 5.74) is 0. The highest BCUT2D eigenvalue weighted by atomic mass is 14.9. The lowest BCUT2D eigenvalue weighted by molar-refractivity contribution is 0.340. The summed E-state index contributed by atoms with van der Waals surface area (Å²) in [6.07, 6.45) is 7.92. The third kappa shape index (κ3) is 9.64. The molecule has 0 aromatic rings. The van der Waals surface area contributed by atoms with Crippen LogP contribution >= 0.6 is 0 Å². The van der Waals surface area contributed by atoms with E-state index in [4.69, 9.17) is 0 Å². The highest BCUT2D eigenvalue weighted by Gasteiger charge is 2.13. The first-order valence-corrected chi connectivity index (χ1v) is 7.75. The van der Waals surface area contributed by atoms with Gasteiger partial charge < -0.3 is 5.32 Å². The van der Waals surface area contributed by atoms with Crippen LogP contribution in [0.5, 0.6) is 0 Å². The van der Waals surface area contributed by atoms with Gasteiger partial charge in [-0.1, -0.05) is 41.5 Å². The summed E-state index contributed by atoms with van der Waals surface area (Å²) in [5, 5.41) is 3.86. The molecule has 2 atom stereocenters. The third-order valence-electron chi connectivity index (χ3n) is 3.64. The second-order valence-corrected chi connectivity index (χ2v) is 6.32. The molecule has 0 aromatic carbocycles. The second kappa shape index (κ2) is 9.94. The summed E-state index contributed by atoms with van der Waals surface area (Å²) >= 11 is 0. The predicted octanol–water partition coefficient (Wildman–Crippen LogP) is 5.01. The molecule has 0 saturated carbocycles. The standard InChI is InChI=1S/C16H35N/c1-7-15(11-9-13(3)4)17-16(8-2)12-10-14(5)6/h13-17H,7-12H2,1-6H3. The fourth-order valence-electron chi connectivity index (χ4n) is 2.21. The van der Waals surface area contributed by atoms with E-state index in [-0.39, 0.29) is 0 Å². The Hall–Kier alpha value is -0.0400. The van der Waals surface area contributed by atoms with Gasteiger partial charge >= 0.3 is 0 Å². The maximum absolute atomic E-state index is 3.86. The molecule has 0 fully saturated rings. The van der Waals surface area contributed by atoms with Gasteiger partial charge in [-0.25, -0.2) is 0 Å². The smallest absolute Gasteiger partial charge is 0.00671 e. The molecule has 104 valence electrons. The first-order chi connectivity index (χ1) is 7.99. The SMILES string of the molecule is CCC(CCC(C)C)NC(CC)CCC(C)C.